The second kappa shape index (κ2) is 4.30. The summed E-state index contributed by atoms with van der Waals surface area (Å²) >= 11 is 4.97. The van der Waals surface area contributed by atoms with E-state index in [-0.39, 0.29) is 0 Å². The molecule has 0 aliphatic heterocycles. The minimum absolute atomic E-state index is 0.403. The lowest BCUT2D eigenvalue weighted by Gasteiger charge is -2.02. The Hall–Kier alpha value is -0.775. The van der Waals surface area contributed by atoms with E-state index in [0.717, 1.165) is 0 Å². The average Bonchev–Trinajstić information content (AvgIpc) is 2.17. The smallest absolute Gasteiger partial charge is 0.481 e. The van der Waals surface area contributed by atoms with Crippen LogP contribution in [0.5, 0.6) is 5.88 Å². The van der Waals surface area contributed by atoms with Crippen molar-refractivity contribution in [1.82, 2.24) is 4.98 Å². The lowest BCUT2D eigenvalue weighted by molar-refractivity contribution is 0.397. The van der Waals surface area contributed by atoms with Gasteiger partial charge in [0.25, 0.3) is 0 Å². The lowest BCUT2D eigenvalue weighted by Crippen LogP contribution is -2.30. The Morgan fingerprint density at radius 2 is 2.42 bits per heavy atom. The van der Waals surface area contributed by atoms with Crippen LogP contribution in [0, 0.1) is 0 Å². The van der Waals surface area contributed by atoms with Crippen molar-refractivity contribution in [3.8, 4) is 5.88 Å². The fourth-order valence-electron chi connectivity index (χ4n) is 0.741. The largest absolute Gasteiger partial charge is 0.508 e. The molecule has 0 radical (unpaired) electrons. The summed E-state index contributed by atoms with van der Waals surface area (Å²) < 4.78 is 9.01. The Labute approximate surface area is 75.4 Å². The topological polar surface area (TPSA) is 51.6 Å². The van der Waals surface area contributed by atoms with Gasteiger partial charge in [-0.2, -0.15) is 0 Å². The number of hydrogen-bond acceptors (Lipinski definition) is 4. The number of rotatable bonds is 3. The quantitative estimate of drug-likeness (QED) is 0.674. The van der Waals surface area contributed by atoms with Gasteiger partial charge in [-0.1, -0.05) is 0 Å². The molecule has 1 N–H and O–H groups in total. The molecule has 1 aromatic heterocycles. The maximum absolute atomic E-state index is 9.11. The third-order valence-corrected chi connectivity index (χ3v) is 1.51. The molecular formula is C6H7BClNO3. The van der Waals surface area contributed by atoms with Gasteiger partial charge in [0.15, 0.2) is 0 Å². The van der Waals surface area contributed by atoms with Crippen LogP contribution in [-0.2, 0) is 4.21 Å². The number of nitrogens with zero attached hydrogens (tertiary/aromatic N) is 1. The summed E-state index contributed by atoms with van der Waals surface area (Å²) in [6, 6.07) is 3.11. The molecule has 0 atom stereocenters. The summed E-state index contributed by atoms with van der Waals surface area (Å²) in [5.41, 5.74) is 0.497. The summed E-state index contributed by atoms with van der Waals surface area (Å²) in [5, 5.41) is 9.11. The summed E-state index contributed by atoms with van der Waals surface area (Å²) in [6.45, 7) is 0. The number of ether oxygens (including phenoxy) is 1. The van der Waals surface area contributed by atoms with Gasteiger partial charge in [-0.05, 0) is 11.5 Å². The molecule has 4 nitrogen and oxygen atoms in total. The van der Waals surface area contributed by atoms with E-state index in [2.05, 4.69) is 9.19 Å². The van der Waals surface area contributed by atoms with E-state index in [0.29, 0.717) is 11.3 Å². The average molecular weight is 187 g/mol. The highest BCUT2D eigenvalue weighted by Crippen LogP contribution is 2.01. The maximum Gasteiger partial charge on any atom is 0.508 e. The molecule has 0 aliphatic rings. The first-order chi connectivity index (χ1) is 5.77. The molecule has 0 saturated carbocycles. The van der Waals surface area contributed by atoms with Crippen LogP contribution in [0.25, 0.3) is 0 Å². The van der Waals surface area contributed by atoms with E-state index in [9.17, 15) is 0 Å². The van der Waals surface area contributed by atoms with Gasteiger partial charge in [0.05, 0.1) is 7.11 Å². The maximum atomic E-state index is 9.11. The molecule has 0 saturated heterocycles. The monoisotopic (exact) mass is 187 g/mol. The molecule has 0 aliphatic carbocycles. The minimum atomic E-state index is -1.15. The van der Waals surface area contributed by atoms with Crippen LogP contribution < -0.4 is 10.2 Å². The zero-order valence-corrected chi connectivity index (χ0v) is 7.15. The van der Waals surface area contributed by atoms with Gasteiger partial charge in [-0.15, -0.1) is 0 Å². The molecule has 6 heteroatoms. The van der Waals surface area contributed by atoms with Gasteiger partial charge < -0.3 is 14.0 Å². The van der Waals surface area contributed by atoms with Crippen LogP contribution in [0.3, 0.4) is 0 Å². The Morgan fingerprint density at radius 3 is 3.00 bits per heavy atom. The first-order valence-corrected chi connectivity index (χ1v) is 3.54. The number of aromatic nitrogens is 1. The Kier molecular flexibility index (Phi) is 3.34. The molecular weight excluding hydrogens is 180 g/mol. The zero-order valence-electron chi connectivity index (χ0n) is 6.40. The van der Waals surface area contributed by atoms with Crippen LogP contribution in [0.1, 0.15) is 0 Å². The predicted molar refractivity (Wildman–Crippen MR) is 45.3 cm³/mol. The van der Waals surface area contributed by atoms with Gasteiger partial charge in [-0.25, -0.2) is 4.98 Å². The van der Waals surface area contributed by atoms with Crippen molar-refractivity contribution in [3.05, 3.63) is 18.3 Å². The lowest BCUT2D eigenvalue weighted by atomic mass is 9.81. The van der Waals surface area contributed by atoms with E-state index < -0.39 is 7.12 Å². The molecule has 12 heavy (non-hydrogen) atoms. The van der Waals surface area contributed by atoms with Crippen molar-refractivity contribution in [2.75, 3.05) is 7.11 Å². The van der Waals surface area contributed by atoms with Gasteiger partial charge in [0.2, 0.25) is 5.88 Å². The fraction of sp³-hybridized carbons (Fsp3) is 0.167. The Balaban J connectivity index is 2.86. The Morgan fingerprint density at radius 1 is 1.67 bits per heavy atom. The van der Waals surface area contributed by atoms with Crippen LogP contribution in [0.2, 0.25) is 0 Å². The highest BCUT2D eigenvalue weighted by molar-refractivity contribution is 6.63. The molecule has 0 fully saturated rings. The standard InChI is InChI=1S/C6H7BClNO3/c1-11-6-4-5(2-3-9-6)7(10)12-8/h2-4,10H,1H3. The summed E-state index contributed by atoms with van der Waals surface area (Å²) in [5.74, 6) is 0.403. The van der Waals surface area contributed by atoms with E-state index in [1.807, 2.05) is 0 Å². The Bertz CT molecular complexity index is 260. The number of pyridine rings is 1. The molecule has 0 aromatic carbocycles. The van der Waals surface area contributed by atoms with Crippen molar-refractivity contribution in [2.45, 2.75) is 0 Å². The highest BCUT2D eigenvalue weighted by Gasteiger charge is 2.16. The van der Waals surface area contributed by atoms with E-state index >= 15 is 0 Å². The van der Waals surface area contributed by atoms with Crippen LogP contribution in [0.15, 0.2) is 18.3 Å². The van der Waals surface area contributed by atoms with Gasteiger partial charge in [-0.3, -0.25) is 0 Å². The number of halogens is 1. The second-order valence-electron chi connectivity index (χ2n) is 2.07. The third kappa shape index (κ3) is 2.10. The van der Waals surface area contributed by atoms with Crippen LogP contribution in [0.4, 0.5) is 0 Å². The molecule has 1 rings (SSSR count). The fourth-order valence-corrected chi connectivity index (χ4v) is 0.844. The van der Waals surface area contributed by atoms with Crippen LogP contribution >= 0.6 is 11.9 Å². The molecule has 0 spiro atoms. The zero-order chi connectivity index (χ0) is 8.97. The van der Waals surface area contributed by atoms with E-state index in [1.54, 1.807) is 6.07 Å². The van der Waals surface area contributed by atoms with Crippen molar-refractivity contribution < 1.29 is 14.0 Å². The highest BCUT2D eigenvalue weighted by atomic mass is 35.5. The SMILES string of the molecule is COc1cc(B(O)OCl)ccn1. The van der Waals surface area contributed by atoms with Gasteiger partial charge >= 0.3 is 7.12 Å². The first-order valence-electron chi connectivity index (χ1n) is 3.23. The molecule has 0 unspecified atom stereocenters. The molecule has 0 amide bonds. The van der Waals surface area contributed by atoms with Gasteiger partial charge in [0.1, 0.15) is 0 Å². The van der Waals surface area contributed by atoms with Crippen LogP contribution in [-0.4, -0.2) is 24.2 Å². The number of hydrogen-bond donors (Lipinski definition) is 1. The molecule has 1 heterocycles. The van der Waals surface area contributed by atoms with Crippen molar-refractivity contribution in [1.29, 1.82) is 0 Å². The normalized spacial score (nSPS) is 9.58. The molecule has 1 aromatic rings. The predicted octanol–water partition coefficient (Wildman–Crippen LogP) is -0.0519. The second-order valence-corrected chi connectivity index (χ2v) is 2.25. The summed E-state index contributed by atoms with van der Waals surface area (Å²) in [4.78, 5) is 3.84. The third-order valence-electron chi connectivity index (χ3n) is 1.34. The van der Waals surface area contributed by atoms with Crippen molar-refractivity contribution >= 4 is 24.4 Å². The van der Waals surface area contributed by atoms with E-state index in [1.165, 1.54) is 19.4 Å². The van der Waals surface area contributed by atoms with E-state index in [4.69, 9.17) is 21.6 Å². The molecule has 64 valence electrons. The van der Waals surface area contributed by atoms with Crippen molar-refractivity contribution in [2.24, 2.45) is 0 Å². The summed E-state index contributed by atoms with van der Waals surface area (Å²) in [7, 11) is 0.337. The number of methoxy groups -OCH3 is 1. The summed E-state index contributed by atoms with van der Waals surface area (Å²) in [6.07, 6.45) is 1.49. The van der Waals surface area contributed by atoms with Gasteiger partial charge in [0, 0.05) is 24.1 Å². The minimum Gasteiger partial charge on any atom is -0.481 e. The van der Waals surface area contributed by atoms with Crippen molar-refractivity contribution in [3.63, 3.8) is 0 Å². The molecule has 0 bridgehead atoms. The first kappa shape index (κ1) is 9.31.